The van der Waals surface area contributed by atoms with Gasteiger partial charge in [-0.2, -0.15) is 0 Å². The van der Waals surface area contributed by atoms with Crippen molar-refractivity contribution in [2.75, 3.05) is 19.6 Å². The first-order chi connectivity index (χ1) is 20.4. The number of nitrogens with zero attached hydrogens (tertiary/aromatic N) is 2. The predicted molar refractivity (Wildman–Crippen MR) is 160 cm³/mol. The van der Waals surface area contributed by atoms with Crippen molar-refractivity contribution in [2.24, 2.45) is 17.4 Å². The molecule has 1 aliphatic rings. The van der Waals surface area contributed by atoms with Crippen LogP contribution in [0.4, 0.5) is 0 Å². The SMILES string of the molecule is CC(C)C[C@H](C(N)=O)N1CCN(C(=O)CNC(=O)[C@@H](C)NC(=O)[C@@H](N)Cc2ccc(O)cc2)[C@@H](Cc2ccccc2)C1=O. The number of phenolic OH excluding ortho intramolecular Hbond substituents is 1. The number of primary amides is 1. The van der Waals surface area contributed by atoms with Gasteiger partial charge in [0.05, 0.1) is 12.6 Å². The van der Waals surface area contributed by atoms with Gasteiger partial charge < -0.3 is 37.0 Å². The van der Waals surface area contributed by atoms with Crippen LogP contribution in [0, 0.1) is 5.92 Å². The highest BCUT2D eigenvalue weighted by Crippen LogP contribution is 2.22. The van der Waals surface area contributed by atoms with Crippen LogP contribution < -0.4 is 22.1 Å². The molecule has 0 aromatic heterocycles. The molecule has 232 valence electrons. The van der Waals surface area contributed by atoms with Gasteiger partial charge in [-0.25, -0.2) is 0 Å². The molecule has 0 radical (unpaired) electrons. The summed E-state index contributed by atoms with van der Waals surface area (Å²) in [7, 11) is 0. The first kappa shape index (κ1) is 33.1. The van der Waals surface area contributed by atoms with E-state index in [9.17, 15) is 29.1 Å². The third-order valence-corrected chi connectivity index (χ3v) is 7.41. The number of carbonyl (C=O) groups is 5. The Morgan fingerprint density at radius 1 is 0.953 bits per heavy atom. The maximum absolute atomic E-state index is 13.7. The number of rotatable bonds is 13. The fourth-order valence-electron chi connectivity index (χ4n) is 5.07. The van der Waals surface area contributed by atoms with E-state index in [1.54, 1.807) is 12.1 Å². The van der Waals surface area contributed by atoms with E-state index < -0.39 is 47.8 Å². The molecule has 0 saturated carbocycles. The van der Waals surface area contributed by atoms with E-state index in [2.05, 4.69) is 10.6 Å². The number of hydrogen-bond donors (Lipinski definition) is 5. The minimum atomic E-state index is -0.975. The van der Waals surface area contributed by atoms with E-state index in [1.807, 2.05) is 44.2 Å². The number of nitrogens with one attached hydrogen (secondary N) is 2. The maximum Gasteiger partial charge on any atom is 0.246 e. The normalized spacial score (nSPS) is 17.2. The monoisotopic (exact) mass is 594 g/mol. The molecule has 3 rings (SSSR count). The van der Waals surface area contributed by atoms with Crippen LogP contribution in [0.15, 0.2) is 54.6 Å². The molecule has 5 amide bonds. The Morgan fingerprint density at radius 2 is 1.60 bits per heavy atom. The Labute approximate surface area is 251 Å². The van der Waals surface area contributed by atoms with Crippen molar-refractivity contribution in [1.82, 2.24) is 20.4 Å². The first-order valence-electron chi connectivity index (χ1n) is 14.4. The standard InChI is InChI=1S/C31H42N6O6/c1-19(2)15-25(28(33)40)37-14-13-36(26(31(37)43)17-21-7-5-4-6-8-21)27(39)18-34-29(41)20(3)35-30(42)24(32)16-22-9-11-23(38)12-10-22/h4-12,19-20,24-26,38H,13-18,32H2,1-3H3,(H2,33,40)(H,34,41)(H,35,42)/t20-,24+,25-,26+/m1/s1. The molecule has 7 N–H and O–H groups in total. The van der Waals surface area contributed by atoms with Gasteiger partial charge in [0.1, 0.15) is 23.9 Å². The highest BCUT2D eigenvalue weighted by molar-refractivity contribution is 5.95. The van der Waals surface area contributed by atoms with Crippen LogP contribution in [0.1, 0.15) is 38.3 Å². The molecule has 12 heteroatoms. The summed E-state index contributed by atoms with van der Waals surface area (Å²) >= 11 is 0. The fraction of sp³-hybridized carbons (Fsp3) is 0.452. The van der Waals surface area contributed by atoms with Crippen molar-refractivity contribution in [3.63, 3.8) is 0 Å². The largest absolute Gasteiger partial charge is 0.508 e. The highest BCUT2D eigenvalue weighted by Gasteiger charge is 2.41. The molecular formula is C31H42N6O6. The van der Waals surface area contributed by atoms with Gasteiger partial charge in [-0.1, -0.05) is 56.3 Å². The number of amides is 5. The summed E-state index contributed by atoms with van der Waals surface area (Å²) in [4.78, 5) is 67.5. The summed E-state index contributed by atoms with van der Waals surface area (Å²) in [6, 6.07) is 11.9. The van der Waals surface area contributed by atoms with Gasteiger partial charge in [-0.05, 0) is 48.9 Å². The van der Waals surface area contributed by atoms with Gasteiger partial charge >= 0.3 is 0 Å². The van der Waals surface area contributed by atoms with E-state index in [1.165, 1.54) is 28.9 Å². The topological polar surface area (TPSA) is 188 Å². The summed E-state index contributed by atoms with van der Waals surface area (Å²) in [5.74, 6) is -2.35. The van der Waals surface area contributed by atoms with Crippen LogP contribution in [0.25, 0.3) is 0 Å². The smallest absolute Gasteiger partial charge is 0.246 e. The van der Waals surface area contributed by atoms with Crippen molar-refractivity contribution in [3.8, 4) is 5.75 Å². The van der Waals surface area contributed by atoms with Crippen LogP contribution in [0.2, 0.25) is 0 Å². The van der Waals surface area contributed by atoms with Crippen LogP contribution in [-0.2, 0) is 36.8 Å². The first-order valence-corrected chi connectivity index (χ1v) is 14.4. The summed E-state index contributed by atoms with van der Waals surface area (Å²) in [5, 5.41) is 14.5. The quantitative estimate of drug-likeness (QED) is 0.217. The van der Waals surface area contributed by atoms with Crippen LogP contribution in [0.3, 0.4) is 0 Å². The van der Waals surface area contributed by atoms with Gasteiger partial charge in [0.25, 0.3) is 0 Å². The lowest BCUT2D eigenvalue weighted by molar-refractivity contribution is -0.155. The van der Waals surface area contributed by atoms with Gasteiger partial charge in [0.15, 0.2) is 0 Å². The molecule has 0 aliphatic carbocycles. The zero-order valence-electron chi connectivity index (χ0n) is 24.9. The summed E-state index contributed by atoms with van der Waals surface area (Å²) in [6.45, 7) is 5.27. The lowest BCUT2D eigenvalue weighted by Gasteiger charge is -2.43. The lowest BCUT2D eigenvalue weighted by Crippen LogP contribution is -2.64. The van der Waals surface area contributed by atoms with E-state index in [4.69, 9.17) is 11.5 Å². The number of phenols is 1. The number of nitrogens with two attached hydrogens (primary N) is 2. The van der Waals surface area contributed by atoms with Crippen molar-refractivity contribution in [2.45, 2.75) is 64.2 Å². The molecule has 1 fully saturated rings. The molecule has 1 heterocycles. The summed E-state index contributed by atoms with van der Waals surface area (Å²) in [5.41, 5.74) is 13.2. The molecule has 2 aromatic carbocycles. The Hall–Kier alpha value is -4.45. The third-order valence-electron chi connectivity index (χ3n) is 7.41. The Kier molecular flexibility index (Phi) is 11.6. The molecule has 0 spiro atoms. The molecular weight excluding hydrogens is 552 g/mol. The maximum atomic E-state index is 13.7. The van der Waals surface area contributed by atoms with Crippen LogP contribution in [0.5, 0.6) is 5.75 Å². The zero-order valence-corrected chi connectivity index (χ0v) is 24.9. The second-order valence-corrected chi connectivity index (χ2v) is 11.3. The lowest BCUT2D eigenvalue weighted by atomic mass is 9.96. The van der Waals surface area contributed by atoms with Crippen LogP contribution >= 0.6 is 0 Å². The van der Waals surface area contributed by atoms with E-state index in [0.29, 0.717) is 6.42 Å². The second kappa shape index (κ2) is 15.1. The van der Waals surface area contributed by atoms with E-state index >= 15 is 0 Å². The average molecular weight is 595 g/mol. The van der Waals surface area contributed by atoms with Gasteiger partial charge in [-0.15, -0.1) is 0 Å². The zero-order chi connectivity index (χ0) is 31.7. The van der Waals surface area contributed by atoms with Crippen molar-refractivity contribution in [3.05, 3.63) is 65.7 Å². The molecule has 2 aromatic rings. The molecule has 0 unspecified atom stereocenters. The minimum absolute atomic E-state index is 0.0974. The Balaban J connectivity index is 1.63. The number of carbonyl (C=O) groups excluding carboxylic acids is 5. The molecule has 1 aliphatic heterocycles. The Bertz CT molecular complexity index is 1290. The van der Waals surface area contributed by atoms with Crippen molar-refractivity contribution in [1.29, 1.82) is 0 Å². The second-order valence-electron chi connectivity index (χ2n) is 11.3. The van der Waals surface area contributed by atoms with Crippen LogP contribution in [-0.4, -0.2) is 88.2 Å². The van der Waals surface area contributed by atoms with E-state index in [0.717, 1.165) is 11.1 Å². The van der Waals surface area contributed by atoms with Gasteiger partial charge in [-0.3, -0.25) is 24.0 Å². The third kappa shape index (κ3) is 9.27. The average Bonchev–Trinajstić information content (AvgIpc) is 2.97. The number of aromatic hydroxyl groups is 1. The molecule has 1 saturated heterocycles. The fourth-order valence-corrected chi connectivity index (χ4v) is 5.07. The van der Waals surface area contributed by atoms with E-state index in [-0.39, 0.29) is 50.1 Å². The molecule has 4 atom stereocenters. The van der Waals surface area contributed by atoms with Crippen molar-refractivity contribution < 1.29 is 29.1 Å². The summed E-state index contributed by atoms with van der Waals surface area (Å²) < 4.78 is 0. The van der Waals surface area contributed by atoms with Crippen molar-refractivity contribution >= 4 is 29.5 Å². The number of hydrogen-bond acceptors (Lipinski definition) is 7. The molecule has 0 bridgehead atoms. The minimum Gasteiger partial charge on any atom is -0.508 e. The molecule has 43 heavy (non-hydrogen) atoms. The Morgan fingerprint density at radius 3 is 2.21 bits per heavy atom. The van der Waals surface area contributed by atoms with Gasteiger partial charge in [0.2, 0.25) is 29.5 Å². The highest BCUT2D eigenvalue weighted by atomic mass is 16.3. The molecule has 12 nitrogen and oxygen atoms in total. The predicted octanol–water partition coefficient (Wildman–Crippen LogP) is 0.0650. The number of benzene rings is 2. The summed E-state index contributed by atoms with van der Waals surface area (Å²) in [6.07, 6.45) is 0.843. The van der Waals surface area contributed by atoms with Gasteiger partial charge in [0, 0.05) is 19.5 Å². The number of piperazine rings is 1.